The second-order valence-corrected chi connectivity index (χ2v) is 5.04. The van der Waals surface area contributed by atoms with Gasteiger partial charge >= 0.3 is 0 Å². The third kappa shape index (κ3) is 3.06. The van der Waals surface area contributed by atoms with Crippen molar-refractivity contribution in [1.29, 1.82) is 0 Å². The quantitative estimate of drug-likeness (QED) is 0.849. The zero-order valence-corrected chi connectivity index (χ0v) is 11.7. The zero-order valence-electron chi connectivity index (χ0n) is 11.7. The maximum absolute atomic E-state index is 11.0. The van der Waals surface area contributed by atoms with Crippen molar-refractivity contribution in [3.8, 4) is 5.75 Å². The molecule has 0 aliphatic heterocycles. The molecule has 3 heteroatoms. The standard InChI is InChI=1S/C17H18O3/c1-13-7-6-8-14(11-18)16(13)20-12-17(2,19)15-9-4-3-5-10-15/h3-11,19H,12H2,1-2H3. The fourth-order valence-corrected chi connectivity index (χ4v) is 2.06. The summed E-state index contributed by atoms with van der Waals surface area (Å²) < 4.78 is 5.70. The molecule has 104 valence electrons. The van der Waals surface area contributed by atoms with Crippen LogP contribution in [0.2, 0.25) is 0 Å². The Morgan fingerprint density at radius 2 is 1.85 bits per heavy atom. The summed E-state index contributed by atoms with van der Waals surface area (Å²) in [6.45, 7) is 3.66. The Kier molecular flexibility index (Phi) is 4.20. The first-order valence-corrected chi connectivity index (χ1v) is 6.50. The van der Waals surface area contributed by atoms with Crippen LogP contribution in [0.1, 0.15) is 28.4 Å². The Hall–Kier alpha value is -2.13. The molecule has 0 saturated carbocycles. The summed E-state index contributed by atoms with van der Waals surface area (Å²) in [6.07, 6.45) is 0.763. The number of aryl methyl sites for hydroxylation is 1. The minimum atomic E-state index is -1.11. The van der Waals surface area contributed by atoms with Crippen molar-refractivity contribution in [2.75, 3.05) is 6.61 Å². The van der Waals surface area contributed by atoms with E-state index in [1.54, 1.807) is 19.1 Å². The molecular weight excluding hydrogens is 252 g/mol. The summed E-state index contributed by atoms with van der Waals surface area (Å²) in [6, 6.07) is 14.7. The van der Waals surface area contributed by atoms with Crippen molar-refractivity contribution < 1.29 is 14.6 Å². The Morgan fingerprint density at radius 1 is 1.15 bits per heavy atom. The highest BCUT2D eigenvalue weighted by atomic mass is 16.5. The minimum Gasteiger partial charge on any atom is -0.489 e. The average Bonchev–Trinajstić information content (AvgIpc) is 2.46. The van der Waals surface area contributed by atoms with Crippen LogP contribution < -0.4 is 4.74 Å². The number of rotatable bonds is 5. The van der Waals surface area contributed by atoms with Crippen LogP contribution in [-0.4, -0.2) is 18.0 Å². The lowest BCUT2D eigenvalue weighted by Crippen LogP contribution is -2.29. The van der Waals surface area contributed by atoms with Crippen LogP contribution in [0.4, 0.5) is 0 Å². The van der Waals surface area contributed by atoms with E-state index in [9.17, 15) is 9.90 Å². The van der Waals surface area contributed by atoms with Gasteiger partial charge in [0.2, 0.25) is 0 Å². The molecule has 1 N–H and O–H groups in total. The Balaban J connectivity index is 2.19. The Labute approximate surface area is 118 Å². The number of carbonyl (C=O) groups excluding carboxylic acids is 1. The van der Waals surface area contributed by atoms with E-state index in [4.69, 9.17) is 4.74 Å². The van der Waals surface area contributed by atoms with Crippen LogP contribution in [-0.2, 0) is 5.60 Å². The van der Waals surface area contributed by atoms with Gasteiger partial charge in [-0.15, -0.1) is 0 Å². The molecule has 0 amide bonds. The summed E-state index contributed by atoms with van der Waals surface area (Å²) in [5.41, 5.74) is 1.04. The molecule has 2 aromatic rings. The number of carbonyl (C=O) groups is 1. The predicted octanol–water partition coefficient (Wildman–Crippen LogP) is 3.09. The largest absolute Gasteiger partial charge is 0.489 e. The maximum atomic E-state index is 11.0. The maximum Gasteiger partial charge on any atom is 0.153 e. The van der Waals surface area contributed by atoms with Crippen LogP contribution >= 0.6 is 0 Å². The molecule has 0 aliphatic carbocycles. The highest BCUT2D eigenvalue weighted by Gasteiger charge is 2.24. The van der Waals surface area contributed by atoms with Crippen LogP contribution in [0.15, 0.2) is 48.5 Å². The van der Waals surface area contributed by atoms with Gasteiger partial charge in [-0.25, -0.2) is 0 Å². The van der Waals surface area contributed by atoms with Gasteiger partial charge in [0, 0.05) is 0 Å². The Morgan fingerprint density at radius 3 is 2.50 bits per heavy atom. The van der Waals surface area contributed by atoms with Crippen molar-refractivity contribution in [2.24, 2.45) is 0 Å². The van der Waals surface area contributed by atoms with E-state index in [2.05, 4.69) is 0 Å². The average molecular weight is 270 g/mol. The van der Waals surface area contributed by atoms with E-state index in [0.717, 1.165) is 17.4 Å². The molecule has 2 rings (SSSR count). The molecule has 0 fully saturated rings. The van der Waals surface area contributed by atoms with Gasteiger partial charge in [0.05, 0.1) is 5.56 Å². The third-order valence-electron chi connectivity index (χ3n) is 3.26. The highest BCUT2D eigenvalue weighted by molar-refractivity contribution is 5.80. The number of para-hydroxylation sites is 1. The first-order valence-electron chi connectivity index (χ1n) is 6.50. The lowest BCUT2D eigenvalue weighted by molar-refractivity contribution is 0.00719. The van der Waals surface area contributed by atoms with Gasteiger partial charge in [-0.05, 0) is 31.0 Å². The molecule has 0 radical (unpaired) electrons. The van der Waals surface area contributed by atoms with Crippen LogP contribution in [0.25, 0.3) is 0 Å². The van der Waals surface area contributed by atoms with E-state index in [1.165, 1.54) is 0 Å². The number of hydrogen-bond acceptors (Lipinski definition) is 3. The molecule has 1 atom stereocenters. The van der Waals surface area contributed by atoms with E-state index >= 15 is 0 Å². The van der Waals surface area contributed by atoms with Gasteiger partial charge in [0.1, 0.15) is 18.0 Å². The van der Waals surface area contributed by atoms with Gasteiger partial charge in [-0.3, -0.25) is 4.79 Å². The topological polar surface area (TPSA) is 46.5 Å². The van der Waals surface area contributed by atoms with Crippen LogP contribution in [0, 0.1) is 6.92 Å². The second kappa shape index (κ2) is 5.88. The van der Waals surface area contributed by atoms with E-state index in [1.807, 2.05) is 43.3 Å². The lowest BCUT2D eigenvalue weighted by atomic mass is 9.97. The van der Waals surface area contributed by atoms with Crippen molar-refractivity contribution in [3.05, 3.63) is 65.2 Å². The highest BCUT2D eigenvalue weighted by Crippen LogP contribution is 2.26. The van der Waals surface area contributed by atoms with Crippen molar-refractivity contribution in [1.82, 2.24) is 0 Å². The van der Waals surface area contributed by atoms with E-state index in [0.29, 0.717) is 11.3 Å². The van der Waals surface area contributed by atoms with Gasteiger partial charge in [-0.1, -0.05) is 42.5 Å². The molecular formula is C17H18O3. The number of benzene rings is 2. The van der Waals surface area contributed by atoms with E-state index in [-0.39, 0.29) is 6.61 Å². The number of aliphatic hydroxyl groups is 1. The summed E-state index contributed by atoms with van der Waals surface area (Å²) in [5.74, 6) is 0.527. The molecule has 0 heterocycles. The molecule has 0 spiro atoms. The summed E-state index contributed by atoms with van der Waals surface area (Å²) in [7, 11) is 0. The first kappa shape index (κ1) is 14.3. The molecule has 1 unspecified atom stereocenters. The molecule has 0 aliphatic rings. The molecule has 0 aromatic heterocycles. The molecule has 0 saturated heterocycles. The normalized spacial score (nSPS) is 13.6. The monoisotopic (exact) mass is 270 g/mol. The first-order chi connectivity index (χ1) is 9.54. The van der Waals surface area contributed by atoms with Gasteiger partial charge in [0.15, 0.2) is 6.29 Å². The second-order valence-electron chi connectivity index (χ2n) is 5.04. The third-order valence-corrected chi connectivity index (χ3v) is 3.26. The Bertz CT molecular complexity index is 588. The number of aldehydes is 1. The van der Waals surface area contributed by atoms with Crippen molar-refractivity contribution >= 4 is 6.29 Å². The van der Waals surface area contributed by atoms with E-state index < -0.39 is 5.60 Å². The van der Waals surface area contributed by atoms with Gasteiger partial charge in [-0.2, -0.15) is 0 Å². The van der Waals surface area contributed by atoms with Crippen molar-refractivity contribution in [2.45, 2.75) is 19.4 Å². The van der Waals surface area contributed by atoms with Crippen LogP contribution in [0.5, 0.6) is 5.75 Å². The molecule has 2 aromatic carbocycles. The van der Waals surface area contributed by atoms with Crippen LogP contribution in [0.3, 0.4) is 0 Å². The van der Waals surface area contributed by atoms with Gasteiger partial charge < -0.3 is 9.84 Å². The zero-order chi connectivity index (χ0) is 14.6. The van der Waals surface area contributed by atoms with Gasteiger partial charge in [0.25, 0.3) is 0 Å². The predicted molar refractivity (Wildman–Crippen MR) is 78.1 cm³/mol. The molecule has 3 nitrogen and oxygen atoms in total. The number of hydrogen-bond donors (Lipinski definition) is 1. The van der Waals surface area contributed by atoms with Crippen molar-refractivity contribution in [3.63, 3.8) is 0 Å². The SMILES string of the molecule is Cc1cccc(C=O)c1OCC(C)(O)c1ccccc1. The fraction of sp³-hybridized carbons (Fsp3) is 0.235. The lowest BCUT2D eigenvalue weighted by Gasteiger charge is -2.25. The summed E-state index contributed by atoms with van der Waals surface area (Å²) in [4.78, 5) is 11.0. The molecule has 20 heavy (non-hydrogen) atoms. The summed E-state index contributed by atoms with van der Waals surface area (Å²) in [5, 5.41) is 10.5. The minimum absolute atomic E-state index is 0.0860. The summed E-state index contributed by atoms with van der Waals surface area (Å²) >= 11 is 0. The number of ether oxygens (including phenoxy) is 1. The molecule has 0 bridgehead atoms. The smallest absolute Gasteiger partial charge is 0.153 e. The fourth-order valence-electron chi connectivity index (χ4n) is 2.06.